The van der Waals surface area contributed by atoms with E-state index in [4.69, 9.17) is 5.11 Å². The smallest absolute Gasteiger partial charge is 0.303 e. The number of thiophene rings is 1. The van der Waals surface area contributed by atoms with E-state index in [9.17, 15) is 9.59 Å². The molecule has 0 saturated carbocycles. The lowest BCUT2D eigenvalue weighted by Gasteiger charge is -2.09. The molecule has 0 aliphatic rings. The van der Waals surface area contributed by atoms with Crippen molar-refractivity contribution in [3.8, 4) is 10.4 Å². The molecule has 0 atom stereocenters. The van der Waals surface area contributed by atoms with Gasteiger partial charge in [-0.2, -0.15) is 0 Å². The monoisotopic (exact) mass is 303 g/mol. The zero-order chi connectivity index (χ0) is 15.1. The molecule has 21 heavy (non-hydrogen) atoms. The van der Waals surface area contributed by atoms with Gasteiger partial charge in [0.2, 0.25) is 5.91 Å². The number of carboxylic acids is 1. The molecular weight excluding hydrogens is 286 g/mol. The number of benzene rings is 1. The number of carboxylic acid groups (broad SMARTS) is 1. The van der Waals surface area contributed by atoms with Crippen LogP contribution in [0.15, 0.2) is 41.8 Å². The highest BCUT2D eigenvalue weighted by Gasteiger charge is 2.09. The zero-order valence-corrected chi connectivity index (χ0v) is 12.4. The Bertz CT molecular complexity index is 608. The Hall–Kier alpha value is -2.14. The van der Waals surface area contributed by atoms with Gasteiger partial charge in [-0.05, 0) is 30.4 Å². The number of carbonyl (C=O) groups excluding carboxylic acids is 1. The number of amides is 1. The van der Waals surface area contributed by atoms with Crippen LogP contribution in [-0.2, 0) is 9.59 Å². The molecule has 5 heteroatoms. The molecule has 0 unspecified atom stereocenters. The number of hydrogen-bond acceptors (Lipinski definition) is 3. The van der Waals surface area contributed by atoms with Gasteiger partial charge in [0.15, 0.2) is 0 Å². The van der Waals surface area contributed by atoms with Crippen LogP contribution in [0.4, 0.5) is 5.69 Å². The summed E-state index contributed by atoms with van der Waals surface area (Å²) in [4.78, 5) is 23.4. The van der Waals surface area contributed by atoms with Crippen LogP contribution < -0.4 is 5.32 Å². The summed E-state index contributed by atoms with van der Waals surface area (Å²) in [6.07, 6.45) is 1.56. The summed E-state index contributed by atoms with van der Waals surface area (Å²) in [5, 5.41) is 13.5. The number of aliphatic carboxylic acids is 1. The quantitative estimate of drug-likeness (QED) is 0.760. The lowest BCUT2D eigenvalue weighted by molar-refractivity contribution is -0.137. The summed E-state index contributed by atoms with van der Waals surface area (Å²) in [5.41, 5.74) is 1.80. The minimum atomic E-state index is -0.821. The van der Waals surface area contributed by atoms with Gasteiger partial charge in [0.25, 0.3) is 0 Å². The van der Waals surface area contributed by atoms with Gasteiger partial charge in [-0.3, -0.25) is 9.59 Å². The van der Waals surface area contributed by atoms with Crippen LogP contribution in [0, 0.1) is 0 Å². The third kappa shape index (κ3) is 4.72. The summed E-state index contributed by atoms with van der Waals surface area (Å²) in [6.45, 7) is 0. The Morgan fingerprint density at radius 2 is 1.81 bits per heavy atom. The van der Waals surface area contributed by atoms with Crippen molar-refractivity contribution in [2.45, 2.75) is 25.7 Å². The Labute approximate surface area is 127 Å². The van der Waals surface area contributed by atoms with Crippen LogP contribution in [0.5, 0.6) is 0 Å². The fourth-order valence-electron chi connectivity index (χ4n) is 2.01. The van der Waals surface area contributed by atoms with Crippen molar-refractivity contribution in [1.29, 1.82) is 0 Å². The largest absolute Gasteiger partial charge is 0.481 e. The molecule has 1 aromatic heterocycles. The maximum atomic E-state index is 11.9. The van der Waals surface area contributed by atoms with Gasteiger partial charge in [-0.25, -0.2) is 0 Å². The summed E-state index contributed by atoms with van der Waals surface area (Å²) >= 11 is 1.63. The van der Waals surface area contributed by atoms with E-state index in [1.165, 1.54) is 0 Å². The van der Waals surface area contributed by atoms with Crippen LogP contribution in [0.25, 0.3) is 10.4 Å². The van der Waals surface area contributed by atoms with Crippen molar-refractivity contribution in [3.05, 3.63) is 41.8 Å². The molecule has 0 radical (unpaired) electrons. The maximum absolute atomic E-state index is 11.9. The standard InChI is InChI=1S/C16H17NO3S/c18-15(9-3-4-10-16(19)20)17-13-7-2-1-6-12(13)14-8-5-11-21-14/h1-2,5-8,11H,3-4,9-10H2,(H,17,18)(H,19,20). The van der Waals surface area contributed by atoms with Crippen LogP contribution in [0.2, 0.25) is 0 Å². The highest BCUT2D eigenvalue weighted by Crippen LogP contribution is 2.31. The lowest BCUT2D eigenvalue weighted by Crippen LogP contribution is -2.12. The number of unbranched alkanes of at least 4 members (excludes halogenated alkanes) is 1. The molecular formula is C16H17NO3S. The van der Waals surface area contributed by atoms with Crippen molar-refractivity contribution in [2.75, 3.05) is 5.32 Å². The van der Waals surface area contributed by atoms with Gasteiger partial charge in [0.1, 0.15) is 0 Å². The zero-order valence-electron chi connectivity index (χ0n) is 11.5. The van der Waals surface area contributed by atoms with E-state index in [0.29, 0.717) is 19.3 Å². The molecule has 2 aromatic rings. The van der Waals surface area contributed by atoms with Gasteiger partial charge < -0.3 is 10.4 Å². The van der Waals surface area contributed by atoms with Crippen LogP contribution in [-0.4, -0.2) is 17.0 Å². The second-order valence-corrected chi connectivity index (χ2v) is 5.62. The summed E-state index contributed by atoms with van der Waals surface area (Å²) < 4.78 is 0. The minimum absolute atomic E-state index is 0.0793. The van der Waals surface area contributed by atoms with Crippen LogP contribution in [0.3, 0.4) is 0 Å². The Morgan fingerprint density at radius 3 is 2.52 bits per heavy atom. The van der Waals surface area contributed by atoms with Gasteiger partial charge in [-0.1, -0.05) is 24.3 Å². The number of carbonyl (C=O) groups is 2. The summed E-state index contributed by atoms with van der Waals surface area (Å²) in [6, 6.07) is 11.7. The number of anilines is 1. The predicted octanol–water partition coefficient (Wildman–Crippen LogP) is 4.00. The molecule has 0 saturated heterocycles. The molecule has 110 valence electrons. The molecule has 2 N–H and O–H groups in total. The summed E-state index contributed by atoms with van der Waals surface area (Å²) in [7, 11) is 0. The second-order valence-electron chi connectivity index (χ2n) is 4.67. The molecule has 0 fully saturated rings. The predicted molar refractivity (Wildman–Crippen MR) is 84.5 cm³/mol. The molecule has 0 aliphatic heterocycles. The Morgan fingerprint density at radius 1 is 1.05 bits per heavy atom. The van der Waals surface area contributed by atoms with Gasteiger partial charge in [0, 0.05) is 29.0 Å². The molecule has 2 rings (SSSR count). The first-order valence-electron chi connectivity index (χ1n) is 6.81. The normalized spacial score (nSPS) is 10.3. The number of rotatable bonds is 7. The van der Waals surface area contributed by atoms with Crippen molar-refractivity contribution >= 4 is 28.9 Å². The molecule has 1 aromatic carbocycles. The average Bonchev–Trinajstić information content (AvgIpc) is 2.98. The first kappa shape index (κ1) is 15.3. The van der Waals surface area contributed by atoms with E-state index in [0.717, 1.165) is 16.1 Å². The third-order valence-corrected chi connectivity index (χ3v) is 3.94. The van der Waals surface area contributed by atoms with Gasteiger partial charge >= 0.3 is 5.97 Å². The van der Waals surface area contributed by atoms with Crippen molar-refractivity contribution in [3.63, 3.8) is 0 Å². The summed E-state index contributed by atoms with van der Waals surface area (Å²) in [5.74, 6) is -0.900. The number of nitrogens with one attached hydrogen (secondary N) is 1. The SMILES string of the molecule is O=C(O)CCCCC(=O)Nc1ccccc1-c1cccs1. The molecule has 1 amide bonds. The van der Waals surface area contributed by atoms with E-state index in [-0.39, 0.29) is 12.3 Å². The average molecular weight is 303 g/mol. The fraction of sp³-hybridized carbons (Fsp3) is 0.250. The van der Waals surface area contributed by atoms with E-state index in [1.54, 1.807) is 11.3 Å². The van der Waals surface area contributed by atoms with E-state index < -0.39 is 5.97 Å². The van der Waals surface area contributed by atoms with Crippen LogP contribution in [0.1, 0.15) is 25.7 Å². The van der Waals surface area contributed by atoms with Crippen molar-refractivity contribution in [2.24, 2.45) is 0 Å². The topological polar surface area (TPSA) is 66.4 Å². The van der Waals surface area contributed by atoms with Crippen molar-refractivity contribution in [1.82, 2.24) is 0 Å². The molecule has 4 nitrogen and oxygen atoms in total. The first-order valence-corrected chi connectivity index (χ1v) is 7.69. The third-order valence-electron chi connectivity index (χ3n) is 3.03. The number of hydrogen-bond donors (Lipinski definition) is 2. The van der Waals surface area contributed by atoms with Crippen molar-refractivity contribution < 1.29 is 14.7 Å². The van der Waals surface area contributed by atoms with Gasteiger partial charge in [0.05, 0.1) is 0 Å². The molecule has 0 bridgehead atoms. The lowest BCUT2D eigenvalue weighted by atomic mass is 10.1. The first-order chi connectivity index (χ1) is 10.2. The second kappa shape index (κ2) is 7.59. The Balaban J connectivity index is 1.94. The van der Waals surface area contributed by atoms with E-state index in [1.807, 2.05) is 41.8 Å². The van der Waals surface area contributed by atoms with E-state index in [2.05, 4.69) is 5.32 Å². The number of para-hydroxylation sites is 1. The maximum Gasteiger partial charge on any atom is 0.303 e. The van der Waals surface area contributed by atoms with Crippen LogP contribution >= 0.6 is 11.3 Å². The molecule has 0 spiro atoms. The van der Waals surface area contributed by atoms with Gasteiger partial charge in [-0.15, -0.1) is 11.3 Å². The molecule has 1 heterocycles. The highest BCUT2D eigenvalue weighted by atomic mass is 32.1. The minimum Gasteiger partial charge on any atom is -0.481 e. The Kier molecular flexibility index (Phi) is 5.51. The highest BCUT2D eigenvalue weighted by molar-refractivity contribution is 7.13. The molecule has 0 aliphatic carbocycles. The van der Waals surface area contributed by atoms with E-state index >= 15 is 0 Å². The fourth-order valence-corrected chi connectivity index (χ4v) is 2.78.